The Bertz CT molecular complexity index is 432. The number of carboxylic acids is 1. The zero-order valence-electron chi connectivity index (χ0n) is 10.5. The van der Waals surface area contributed by atoms with E-state index in [9.17, 15) is 9.90 Å². The fraction of sp³-hybridized carbons (Fsp3) is 0.500. The number of halogens is 1. The highest BCUT2D eigenvalue weighted by Gasteiger charge is 2.40. The molecule has 4 heteroatoms. The molecule has 1 N–H and O–H groups in total. The SMILES string of the molecule is CN1CCCC(C(=O)O)(c2ccc(Br)cc2)CC1. The van der Waals surface area contributed by atoms with Crippen LogP contribution in [0.4, 0.5) is 0 Å². The van der Waals surface area contributed by atoms with Crippen LogP contribution in [0.1, 0.15) is 24.8 Å². The molecule has 1 fully saturated rings. The molecule has 98 valence electrons. The molecule has 1 aliphatic rings. The highest BCUT2D eigenvalue weighted by Crippen LogP contribution is 2.36. The third kappa shape index (κ3) is 2.59. The number of hydrogen-bond acceptors (Lipinski definition) is 2. The first kappa shape index (κ1) is 13.6. The quantitative estimate of drug-likeness (QED) is 0.913. The number of aliphatic carboxylic acids is 1. The zero-order valence-corrected chi connectivity index (χ0v) is 12.1. The molecule has 3 nitrogen and oxygen atoms in total. The lowest BCUT2D eigenvalue weighted by Crippen LogP contribution is -2.36. The van der Waals surface area contributed by atoms with Gasteiger partial charge in [-0.2, -0.15) is 0 Å². The summed E-state index contributed by atoms with van der Waals surface area (Å²) < 4.78 is 0.984. The smallest absolute Gasteiger partial charge is 0.314 e. The normalized spacial score (nSPS) is 25.7. The molecule has 1 aromatic carbocycles. The molecular formula is C14H18BrNO2. The third-order valence-corrected chi connectivity index (χ3v) is 4.40. The lowest BCUT2D eigenvalue weighted by Gasteiger charge is -2.28. The summed E-state index contributed by atoms with van der Waals surface area (Å²) in [5.41, 5.74) is 0.208. The maximum atomic E-state index is 11.8. The van der Waals surface area contributed by atoms with Gasteiger partial charge in [0.15, 0.2) is 0 Å². The first-order valence-corrected chi connectivity index (χ1v) is 7.02. The van der Waals surface area contributed by atoms with E-state index in [4.69, 9.17) is 0 Å². The summed E-state index contributed by atoms with van der Waals surface area (Å²) in [6.45, 7) is 1.81. The second-order valence-corrected chi connectivity index (χ2v) is 5.97. The van der Waals surface area contributed by atoms with Crippen molar-refractivity contribution >= 4 is 21.9 Å². The van der Waals surface area contributed by atoms with Gasteiger partial charge in [0.05, 0.1) is 5.41 Å². The van der Waals surface area contributed by atoms with Crippen LogP contribution in [0.2, 0.25) is 0 Å². The molecule has 0 saturated carbocycles. The van der Waals surface area contributed by atoms with Crippen molar-refractivity contribution in [3.63, 3.8) is 0 Å². The summed E-state index contributed by atoms with van der Waals surface area (Å²) in [7, 11) is 2.06. The van der Waals surface area contributed by atoms with Crippen LogP contribution in [-0.2, 0) is 10.2 Å². The van der Waals surface area contributed by atoms with E-state index >= 15 is 0 Å². The van der Waals surface area contributed by atoms with Gasteiger partial charge in [0, 0.05) is 4.47 Å². The lowest BCUT2D eigenvalue weighted by molar-refractivity contribution is -0.144. The summed E-state index contributed by atoms with van der Waals surface area (Å²) in [5.74, 6) is -0.694. The van der Waals surface area contributed by atoms with Gasteiger partial charge in [0.1, 0.15) is 0 Å². The van der Waals surface area contributed by atoms with Crippen LogP contribution in [0.3, 0.4) is 0 Å². The van der Waals surface area contributed by atoms with Crippen LogP contribution < -0.4 is 0 Å². The van der Waals surface area contributed by atoms with Crippen molar-refractivity contribution in [3.8, 4) is 0 Å². The molecule has 0 amide bonds. The maximum absolute atomic E-state index is 11.8. The first-order valence-electron chi connectivity index (χ1n) is 6.22. The van der Waals surface area contributed by atoms with Gasteiger partial charge >= 0.3 is 5.97 Å². The Hall–Kier alpha value is -0.870. The van der Waals surface area contributed by atoms with Gasteiger partial charge < -0.3 is 10.0 Å². The number of carboxylic acid groups (broad SMARTS) is 1. The van der Waals surface area contributed by atoms with Crippen LogP contribution in [0.15, 0.2) is 28.7 Å². The molecule has 1 aliphatic heterocycles. The zero-order chi connectivity index (χ0) is 13.2. The molecule has 1 unspecified atom stereocenters. The molecule has 18 heavy (non-hydrogen) atoms. The van der Waals surface area contributed by atoms with Gasteiger partial charge in [-0.25, -0.2) is 0 Å². The standard InChI is InChI=1S/C14H18BrNO2/c1-16-9-2-7-14(8-10-16,13(17)18)11-3-5-12(15)6-4-11/h3-6H,2,7-10H2,1H3,(H,17,18). The van der Waals surface area contributed by atoms with Crippen molar-refractivity contribution in [2.45, 2.75) is 24.7 Å². The van der Waals surface area contributed by atoms with Gasteiger partial charge in [-0.05, 0) is 57.1 Å². The van der Waals surface area contributed by atoms with Gasteiger partial charge in [0.25, 0.3) is 0 Å². The van der Waals surface area contributed by atoms with Gasteiger partial charge in [0.2, 0.25) is 0 Å². The van der Waals surface area contributed by atoms with E-state index in [0.717, 1.165) is 29.5 Å². The van der Waals surface area contributed by atoms with Crippen LogP contribution in [0.5, 0.6) is 0 Å². The van der Waals surface area contributed by atoms with Crippen molar-refractivity contribution in [3.05, 3.63) is 34.3 Å². The summed E-state index contributed by atoms with van der Waals surface area (Å²) >= 11 is 3.39. The monoisotopic (exact) mass is 311 g/mol. The highest BCUT2D eigenvalue weighted by molar-refractivity contribution is 9.10. The van der Waals surface area contributed by atoms with E-state index in [1.165, 1.54) is 0 Å². The highest BCUT2D eigenvalue weighted by atomic mass is 79.9. The van der Waals surface area contributed by atoms with Crippen LogP contribution in [0, 0.1) is 0 Å². The molecule has 0 aromatic heterocycles. The predicted octanol–water partition coefficient (Wildman–Crippen LogP) is 2.89. The number of hydrogen-bond donors (Lipinski definition) is 1. The maximum Gasteiger partial charge on any atom is 0.314 e. The Labute approximate surface area is 116 Å². The molecule has 1 aromatic rings. The molecule has 1 saturated heterocycles. The van der Waals surface area contributed by atoms with Gasteiger partial charge in [-0.1, -0.05) is 28.1 Å². The Morgan fingerprint density at radius 1 is 1.28 bits per heavy atom. The summed E-state index contributed by atoms with van der Waals surface area (Å²) in [5, 5.41) is 9.69. The molecule has 0 radical (unpaired) electrons. The number of likely N-dealkylation sites (tertiary alicyclic amines) is 1. The molecular weight excluding hydrogens is 294 g/mol. The largest absolute Gasteiger partial charge is 0.481 e. The van der Waals surface area contributed by atoms with Crippen molar-refractivity contribution in [1.82, 2.24) is 4.90 Å². The Kier molecular flexibility index (Phi) is 4.07. The minimum Gasteiger partial charge on any atom is -0.481 e. The van der Waals surface area contributed by atoms with Crippen molar-refractivity contribution in [2.75, 3.05) is 20.1 Å². The number of rotatable bonds is 2. The minimum absolute atomic E-state index is 0.681. The average Bonchev–Trinajstić information content (AvgIpc) is 2.53. The first-order chi connectivity index (χ1) is 8.54. The molecule has 0 bridgehead atoms. The van der Waals surface area contributed by atoms with Crippen LogP contribution in [-0.4, -0.2) is 36.1 Å². The van der Waals surface area contributed by atoms with E-state index in [0.29, 0.717) is 12.8 Å². The predicted molar refractivity (Wildman–Crippen MR) is 74.8 cm³/mol. The van der Waals surface area contributed by atoms with Crippen molar-refractivity contribution < 1.29 is 9.90 Å². The Balaban J connectivity index is 2.37. The second kappa shape index (κ2) is 5.41. The van der Waals surface area contributed by atoms with Crippen LogP contribution >= 0.6 is 15.9 Å². The van der Waals surface area contributed by atoms with Gasteiger partial charge in [-0.3, -0.25) is 4.79 Å². The fourth-order valence-electron chi connectivity index (χ4n) is 2.66. The van der Waals surface area contributed by atoms with E-state index < -0.39 is 11.4 Å². The fourth-order valence-corrected chi connectivity index (χ4v) is 2.93. The Morgan fingerprint density at radius 3 is 2.56 bits per heavy atom. The molecule has 2 rings (SSSR count). The number of nitrogens with zero attached hydrogens (tertiary/aromatic N) is 1. The van der Waals surface area contributed by atoms with E-state index in [1.807, 2.05) is 24.3 Å². The minimum atomic E-state index is -0.717. The summed E-state index contributed by atoms with van der Waals surface area (Å²) in [4.78, 5) is 14.0. The Morgan fingerprint density at radius 2 is 1.94 bits per heavy atom. The second-order valence-electron chi connectivity index (χ2n) is 5.05. The van der Waals surface area contributed by atoms with Crippen molar-refractivity contribution in [1.29, 1.82) is 0 Å². The van der Waals surface area contributed by atoms with E-state index in [1.54, 1.807) is 0 Å². The number of carbonyl (C=O) groups is 1. The third-order valence-electron chi connectivity index (χ3n) is 3.87. The lowest BCUT2D eigenvalue weighted by atomic mass is 9.74. The summed E-state index contributed by atoms with van der Waals surface area (Å²) in [6.07, 6.45) is 2.33. The molecule has 1 atom stereocenters. The molecule has 1 heterocycles. The van der Waals surface area contributed by atoms with Gasteiger partial charge in [-0.15, -0.1) is 0 Å². The average molecular weight is 312 g/mol. The van der Waals surface area contributed by atoms with Crippen molar-refractivity contribution in [2.24, 2.45) is 0 Å². The van der Waals surface area contributed by atoms with E-state index in [2.05, 4.69) is 27.9 Å². The molecule has 0 spiro atoms. The number of benzene rings is 1. The van der Waals surface area contributed by atoms with E-state index in [-0.39, 0.29) is 0 Å². The van der Waals surface area contributed by atoms with Crippen LogP contribution in [0.25, 0.3) is 0 Å². The molecule has 0 aliphatic carbocycles. The topological polar surface area (TPSA) is 40.5 Å². The summed E-state index contributed by atoms with van der Waals surface area (Å²) in [6, 6.07) is 7.72.